The third kappa shape index (κ3) is 1.70. The Hall–Kier alpha value is -1.48. The van der Waals surface area contributed by atoms with Gasteiger partial charge in [-0.3, -0.25) is 9.59 Å². The van der Waals surface area contributed by atoms with E-state index in [9.17, 15) is 9.59 Å². The van der Waals surface area contributed by atoms with Gasteiger partial charge in [-0.15, -0.1) is 0 Å². The highest BCUT2D eigenvalue weighted by Crippen LogP contribution is 2.38. The van der Waals surface area contributed by atoms with Crippen molar-refractivity contribution in [3.05, 3.63) is 0 Å². The van der Waals surface area contributed by atoms with Crippen LogP contribution in [0.2, 0.25) is 0 Å². The van der Waals surface area contributed by atoms with E-state index in [2.05, 4.69) is 5.32 Å². The minimum Gasteiger partial charge on any atom is -0.369 e. The SMILES string of the molecule is CC1(C)[C@H](C(N)=O)C(=S)NC(=O)[C@H]1C#N. The number of hydrogen-bond acceptors (Lipinski definition) is 4. The lowest BCUT2D eigenvalue weighted by atomic mass is 9.66. The zero-order chi connectivity index (χ0) is 11.8. The van der Waals surface area contributed by atoms with Crippen LogP contribution in [0.15, 0.2) is 0 Å². The molecule has 3 N–H and O–H groups in total. The zero-order valence-corrected chi connectivity index (χ0v) is 9.22. The summed E-state index contributed by atoms with van der Waals surface area (Å²) < 4.78 is 0. The number of nitrogens with two attached hydrogens (primary N) is 1. The summed E-state index contributed by atoms with van der Waals surface area (Å²) in [7, 11) is 0. The molecular formula is C9H11N3O2S. The van der Waals surface area contributed by atoms with E-state index >= 15 is 0 Å². The second-order valence-corrected chi connectivity index (χ2v) is 4.51. The predicted molar refractivity (Wildman–Crippen MR) is 56.3 cm³/mol. The first-order valence-electron chi connectivity index (χ1n) is 4.36. The third-order valence-electron chi connectivity index (χ3n) is 2.67. The summed E-state index contributed by atoms with van der Waals surface area (Å²) in [4.78, 5) is 22.8. The van der Waals surface area contributed by atoms with E-state index in [-0.39, 0.29) is 4.99 Å². The van der Waals surface area contributed by atoms with Crippen LogP contribution in [0.5, 0.6) is 0 Å². The van der Waals surface area contributed by atoms with E-state index in [1.165, 1.54) is 0 Å². The maximum Gasteiger partial charge on any atom is 0.242 e. The number of hydrogen-bond donors (Lipinski definition) is 2. The Morgan fingerprint density at radius 2 is 2.20 bits per heavy atom. The smallest absolute Gasteiger partial charge is 0.242 e. The first-order valence-corrected chi connectivity index (χ1v) is 4.76. The Labute approximate surface area is 92.6 Å². The minimum absolute atomic E-state index is 0.101. The molecule has 80 valence electrons. The normalized spacial score (nSPS) is 29.1. The fourth-order valence-corrected chi connectivity index (χ4v) is 2.35. The molecule has 5 nitrogen and oxygen atoms in total. The lowest BCUT2D eigenvalue weighted by molar-refractivity contribution is -0.131. The molecule has 1 fully saturated rings. The minimum atomic E-state index is -0.915. The third-order valence-corrected chi connectivity index (χ3v) is 3.01. The number of carbonyl (C=O) groups is 2. The lowest BCUT2D eigenvalue weighted by Gasteiger charge is -2.39. The Kier molecular flexibility index (Phi) is 2.77. The predicted octanol–water partition coefficient (Wildman–Crippen LogP) is -0.289. The van der Waals surface area contributed by atoms with Crippen LogP contribution in [0.3, 0.4) is 0 Å². The number of amides is 2. The van der Waals surface area contributed by atoms with Crippen molar-refractivity contribution < 1.29 is 9.59 Å². The Bertz CT molecular complexity index is 383. The summed E-state index contributed by atoms with van der Waals surface area (Å²) in [5.41, 5.74) is 4.35. The molecule has 1 heterocycles. The van der Waals surface area contributed by atoms with E-state index in [1.54, 1.807) is 13.8 Å². The summed E-state index contributed by atoms with van der Waals surface area (Å²) >= 11 is 4.89. The molecule has 0 unspecified atom stereocenters. The van der Waals surface area contributed by atoms with Gasteiger partial charge in [0.25, 0.3) is 0 Å². The second-order valence-electron chi connectivity index (χ2n) is 4.07. The number of rotatable bonds is 1. The molecule has 0 aliphatic carbocycles. The molecule has 1 aliphatic rings. The molecule has 0 bridgehead atoms. The quantitative estimate of drug-likeness (QED) is 0.599. The summed E-state index contributed by atoms with van der Waals surface area (Å²) in [5.74, 6) is -2.79. The Balaban J connectivity index is 3.21. The highest BCUT2D eigenvalue weighted by Gasteiger charge is 2.50. The monoisotopic (exact) mass is 225 g/mol. The number of nitrogens with zero attached hydrogens (tertiary/aromatic N) is 1. The molecule has 2 atom stereocenters. The first-order chi connectivity index (χ1) is 6.82. The molecule has 1 aliphatic heterocycles. The van der Waals surface area contributed by atoms with Gasteiger partial charge in [-0.2, -0.15) is 5.26 Å². The van der Waals surface area contributed by atoms with Gasteiger partial charge in [-0.25, -0.2) is 0 Å². The molecule has 0 radical (unpaired) electrons. The van der Waals surface area contributed by atoms with Crippen molar-refractivity contribution in [2.75, 3.05) is 0 Å². The van der Waals surface area contributed by atoms with Crippen LogP contribution in [0.4, 0.5) is 0 Å². The van der Waals surface area contributed by atoms with Gasteiger partial charge in [-0.05, 0) is 0 Å². The molecule has 15 heavy (non-hydrogen) atoms. The highest BCUT2D eigenvalue weighted by atomic mass is 32.1. The van der Waals surface area contributed by atoms with Crippen LogP contribution < -0.4 is 11.1 Å². The van der Waals surface area contributed by atoms with Gasteiger partial charge in [0, 0.05) is 5.41 Å². The molecule has 0 saturated carbocycles. The maximum absolute atomic E-state index is 11.4. The number of nitriles is 1. The molecule has 2 amide bonds. The van der Waals surface area contributed by atoms with Crippen LogP contribution in [0, 0.1) is 28.6 Å². The summed E-state index contributed by atoms with van der Waals surface area (Å²) in [6.45, 7) is 3.28. The second kappa shape index (κ2) is 3.59. The largest absolute Gasteiger partial charge is 0.369 e. The van der Waals surface area contributed by atoms with Gasteiger partial charge in [-0.1, -0.05) is 26.1 Å². The van der Waals surface area contributed by atoms with Crippen molar-refractivity contribution in [2.24, 2.45) is 23.0 Å². The molecule has 0 spiro atoms. The van der Waals surface area contributed by atoms with Crippen molar-refractivity contribution in [3.63, 3.8) is 0 Å². The van der Waals surface area contributed by atoms with Gasteiger partial charge < -0.3 is 11.1 Å². The van der Waals surface area contributed by atoms with Gasteiger partial charge in [0.1, 0.15) is 5.92 Å². The fourth-order valence-electron chi connectivity index (χ4n) is 1.83. The average Bonchev–Trinajstić information content (AvgIpc) is 2.00. The van der Waals surface area contributed by atoms with E-state index < -0.39 is 29.1 Å². The van der Waals surface area contributed by atoms with E-state index in [1.807, 2.05) is 6.07 Å². The standard InChI is InChI=1S/C9H11N3O2S/c1-9(2)4(3-10)7(14)12-8(15)5(9)6(11)13/h4-5H,1-2H3,(H2,11,13)(H,12,14,15)/t4-,5-/m1/s1. The van der Waals surface area contributed by atoms with E-state index in [0.717, 1.165) is 0 Å². The van der Waals surface area contributed by atoms with Crippen LogP contribution in [-0.2, 0) is 9.59 Å². The van der Waals surface area contributed by atoms with Crippen LogP contribution >= 0.6 is 12.2 Å². The molecule has 0 aromatic carbocycles. The van der Waals surface area contributed by atoms with Gasteiger partial charge in [0.15, 0.2) is 0 Å². The summed E-state index contributed by atoms with van der Waals surface area (Å²) in [6, 6.07) is 1.87. The number of nitrogens with one attached hydrogen (secondary N) is 1. The highest BCUT2D eigenvalue weighted by molar-refractivity contribution is 7.80. The lowest BCUT2D eigenvalue weighted by Crippen LogP contribution is -2.58. The Morgan fingerprint density at radius 1 is 1.67 bits per heavy atom. The average molecular weight is 225 g/mol. The summed E-state index contributed by atoms with van der Waals surface area (Å²) in [5, 5.41) is 11.2. The van der Waals surface area contributed by atoms with Crippen LogP contribution in [0.25, 0.3) is 0 Å². The molecule has 0 aromatic rings. The zero-order valence-electron chi connectivity index (χ0n) is 8.40. The number of primary amides is 1. The number of thiocarbonyl (C=S) groups is 1. The maximum atomic E-state index is 11.4. The van der Waals surface area contributed by atoms with Crippen molar-refractivity contribution in [2.45, 2.75) is 13.8 Å². The van der Waals surface area contributed by atoms with Crippen molar-refractivity contribution in [1.82, 2.24) is 5.32 Å². The van der Waals surface area contributed by atoms with Crippen molar-refractivity contribution in [1.29, 1.82) is 5.26 Å². The number of piperidine rings is 1. The molecular weight excluding hydrogens is 214 g/mol. The Morgan fingerprint density at radius 3 is 2.60 bits per heavy atom. The fraction of sp³-hybridized carbons (Fsp3) is 0.556. The van der Waals surface area contributed by atoms with Gasteiger partial charge in [0.2, 0.25) is 11.8 Å². The molecule has 0 aromatic heterocycles. The van der Waals surface area contributed by atoms with Gasteiger partial charge in [0.05, 0.1) is 17.0 Å². The van der Waals surface area contributed by atoms with Crippen LogP contribution in [-0.4, -0.2) is 16.8 Å². The topological polar surface area (TPSA) is 96.0 Å². The number of carbonyl (C=O) groups excluding carboxylic acids is 2. The van der Waals surface area contributed by atoms with E-state index in [0.29, 0.717) is 0 Å². The molecule has 1 rings (SSSR count). The molecule has 6 heteroatoms. The summed E-state index contributed by atoms with van der Waals surface area (Å²) in [6.07, 6.45) is 0. The molecule has 1 saturated heterocycles. The van der Waals surface area contributed by atoms with Gasteiger partial charge >= 0.3 is 0 Å². The van der Waals surface area contributed by atoms with Crippen LogP contribution in [0.1, 0.15) is 13.8 Å². The van der Waals surface area contributed by atoms with Crippen molar-refractivity contribution in [3.8, 4) is 6.07 Å². The first kappa shape index (κ1) is 11.6. The van der Waals surface area contributed by atoms with Crippen molar-refractivity contribution >= 4 is 29.0 Å². The van der Waals surface area contributed by atoms with E-state index in [4.69, 9.17) is 23.2 Å².